The second-order valence-electron chi connectivity index (χ2n) is 7.34. The first-order valence-electron chi connectivity index (χ1n) is 8.77. The Bertz CT molecular complexity index is 929. The number of rotatable bonds is 4. The molecule has 138 valence electrons. The lowest BCUT2D eigenvalue weighted by molar-refractivity contribution is 0.102. The third kappa shape index (κ3) is 4.89. The molecule has 27 heavy (non-hydrogen) atoms. The van der Waals surface area contributed by atoms with Gasteiger partial charge in [-0.1, -0.05) is 62.7 Å². The van der Waals surface area contributed by atoms with Gasteiger partial charge in [0.25, 0.3) is 5.91 Å². The second kappa shape index (κ2) is 7.85. The number of halogens is 1. The zero-order valence-corrected chi connectivity index (χ0v) is 16.4. The molecule has 1 N–H and O–H groups in total. The summed E-state index contributed by atoms with van der Waals surface area (Å²) in [6.07, 6.45) is 0. The summed E-state index contributed by atoms with van der Waals surface area (Å²) in [6, 6.07) is 22.2. The van der Waals surface area contributed by atoms with Gasteiger partial charge < -0.3 is 10.1 Å². The highest BCUT2D eigenvalue weighted by Gasteiger charge is 2.15. The second-order valence-corrected chi connectivity index (χ2v) is 7.77. The van der Waals surface area contributed by atoms with E-state index >= 15 is 0 Å². The number of benzene rings is 3. The van der Waals surface area contributed by atoms with E-state index in [9.17, 15) is 4.79 Å². The lowest BCUT2D eigenvalue weighted by Gasteiger charge is -2.19. The molecule has 1 amide bonds. The molecule has 0 bridgehead atoms. The molecule has 3 aromatic carbocycles. The van der Waals surface area contributed by atoms with Crippen LogP contribution >= 0.6 is 11.6 Å². The average Bonchev–Trinajstić information content (AvgIpc) is 2.64. The van der Waals surface area contributed by atoms with Crippen LogP contribution in [0.1, 0.15) is 36.7 Å². The van der Waals surface area contributed by atoms with Crippen molar-refractivity contribution in [2.24, 2.45) is 0 Å². The van der Waals surface area contributed by atoms with E-state index in [0.717, 1.165) is 0 Å². The molecule has 0 radical (unpaired) electrons. The van der Waals surface area contributed by atoms with Crippen LogP contribution < -0.4 is 10.1 Å². The zero-order chi connectivity index (χ0) is 19.4. The Kier molecular flexibility index (Phi) is 5.52. The molecule has 4 heteroatoms. The van der Waals surface area contributed by atoms with Gasteiger partial charge in [0.15, 0.2) is 5.75 Å². The van der Waals surface area contributed by atoms with Crippen molar-refractivity contribution in [1.82, 2.24) is 0 Å². The van der Waals surface area contributed by atoms with Crippen molar-refractivity contribution in [2.45, 2.75) is 26.2 Å². The van der Waals surface area contributed by atoms with Crippen LogP contribution in [0.4, 0.5) is 5.69 Å². The Morgan fingerprint density at radius 1 is 0.926 bits per heavy atom. The number of carbonyl (C=O) groups is 1. The Labute approximate surface area is 164 Å². The van der Waals surface area contributed by atoms with Crippen LogP contribution in [0.2, 0.25) is 5.02 Å². The third-order valence-corrected chi connectivity index (χ3v) is 4.41. The number of nitrogens with one attached hydrogen (secondary N) is 1. The summed E-state index contributed by atoms with van der Waals surface area (Å²) in [5.41, 5.74) is 2.32. The van der Waals surface area contributed by atoms with E-state index in [1.165, 1.54) is 5.56 Å². The van der Waals surface area contributed by atoms with Gasteiger partial charge in [-0.2, -0.15) is 0 Å². The minimum absolute atomic E-state index is 0.0403. The maximum atomic E-state index is 12.7. The topological polar surface area (TPSA) is 38.3 Å². The van der Waals surface area contributed by atoms with E-state index < -0.39 is 0 Å². The monoisotopic (exact) mass is 379 g/mol. The van der Waals surface area contributed by atoms with E-state index in [1.54, 1.807) is 18.2 Å². The normalized spacial score (nSPS) is 11.1. The standard InChI is InChI=1S/C23H22ClNO2/c1-23(2,3)17-11-9-16(10-12-17)22(26)25-20-15-18(24)13-14-21(20)27-19-7-5-4-6-8-19/h4-15H,1-3H3,(H,25,26). The maximum absolute atomic E-state index is 12.7. The van der Waals surface area contributed by atoms with Gasteiger partial charge in [0.2, 0.25) is 0 Å². The average molecular weight is 380 g/mol. The van der Waals surface area contributed by atoms with Crippen molar-refractivity contribution in [3.8, 4) is 11.5 Å². The number of anilines is 1. The molecular formula is C23H22ClNO2. The summed E-state index contributed by atoms with van der Waals surface area (Å²) in [5, 5.41) is 3.42. The SMILES string of the molecule is CC(C)(C)c1ccc(C(=O)Nc2cc(Cl)ccc2Oc2ccccc2)cc1. The molecule has 0 aliphatic carbocycles. The summed E-state index contributed by atoms with van der Waals surface area (Å²) in [6.45, 7) is 6.42. The molecule has 0 spiro atoms. The molecule has 0 aliphatic rings. The van der Waals surface area contributed by atoms with Crippen molar-refractivity contribution < 1.29 is 9.53 Å². The first-order valence-corrected chi connectivity index (χ1v) is 9.15. The Balaban J connectivity index is 1.82. The summed E-state index contributed by atoms with van der Waals surface area (Å²) < 4.78 is 5.89. The van der Waals surface area contributed by atoms with Gasteiger partial charge in [-0.15, -0.1) is 0 Å². The largest absolute Gasteiger partial charge is 0.455 e. The van der Waals surface area contributed by atoms with Gasteiger partial charge in [-0.25, -0.2) is 0 Å². The Hall–Kier alpha value is -2.78. The summed E-state index contributed by atoms with van der Waals surface area (Å²) in [4.78, 5) is 12.7. The predicted octanol–water partition coefficient (Wildman–Crippen LogP) is 6.68. The summed E-state index contributed by atoms with van der Waals surface area (Å²) in [7, 11) is 0. The molecule has 3 aromatic rings. The minimum Gasteiger partial charge on any atom is -0.455 e. The minimum atomic E-state index is -0.212. The fourth-order valence-corrected chi connectivity index (χ4v) is 2.79. The number of para-hydroxylation sites is 1. The van der Waals surface area contributed by atoms with Crippen LogP contribution in [0.5, 0.6) is 11.5 Å². The molecule has 3 rings (SSSR count). The van der Waals surface area contributed by atoms with Crippen LogP contribution in [-0.4, -0.2) is 5.91 Å². The number of ether oxygens (including phenoxy) is 1. The van der Waals surface area contributed by atoms with Crippen LogP contribution in [-0.2, 0) is 5.41 Å². The van der Waals surface area contributed by atoms with Gasteiger partial charge in [-0.3, -0.25) is 4.79 Å². The lowest BCUT2D eigenvalue weighted by atomic mass is 9.87. The first kappa shape index (κ1) is 19.0. The van der Waals surface area contributed by atoms with Crippen molar-refractivity contribution in [1.29, 1.82) is 0 Å². The molecule has 0 fully saturated rings. The third-order valence-electron chi connectivity index (χ3n) is 4.17. The van der Waals surface area contributed by atoms with Crippen molar-refractivity contribution in [3.05, 3.63) is 88.9 Å². The molecule has 0 aliphatic heterocycles. The fourth-order valence-electron chi connectivity index (χ4n) is 2.62. The Morgan fingerprint density at radius 3 is 2.22 bits per heavy atom. The molecule has 0 saturated carbocycles. The van der Waals surface area contributed by atoms with Crippen LogP contribution in [0, 0.1) is 0 Å². The van der Waals surface area contributed by atoms with E-state index in [2.05, 4.69) is 26.1 Å². The molecule has 0 saturated heterocycles. The van der Waals surface area contributed by atoms with Crippen LogP contribution in [0.3, 0.4) is 0 Å². The predicted molar refractivity (Wildman–Crippen MR) is 111 cm³/mol. The van der Waals surface area contributed by atoms with E-state index in [1.807, 2.05) is 54.6 Å². The maximum Gasteiger partial charge on any atom is 0.255 e. The van der Waals surface area contributed by atoms with Gasteiger partial charge in [0, 0.05) is 10.6 Å². The van der Waals surface area contributed by atoms with E-state index in [-0.39, 0.29) is 11.3 Å². The van der Waals surface area contributed by atoms with Gasteiger partial charge in [-0.05, 0) is 53.4 Å². The highest BCUT2D eigenvalue weighted by atomic mass is 35.5. The van der Waals surface area contributed by atoms with E-state index in [4.69, 9.17) is 16.3 Å². The molecule has 0 atom stereocenters. The zero-order valence-electron chi connectivity index (χ0n) is 15.6. The Morgan fingerprint density at radius 2 is 1.59 bits per heavy atom. The molecule has 3 nitrogen and oxygen atoms in total. The molecule has 0 aromatic heterocycles. The summed E-state index contributed by atoms with van der Waals surface area (Å²) in [5.74, 6) is 1.01. The quantitative estimate of drug-likeness (QED) is 0.548. The fraction of sp³-hybridized carbons (Fsp3) is 0.174. The van der Waals surface area contributed by atoms with Crippen molar-refractivity contribution in [3.63, 3.8) is 0 Å². The van der Waals surface area contributed by atoms with Gasteiger partial charge in [0.1, 0.15) is 5.75 Å². The van der Waals surface area contributed by atoms with Gasteiger partial charge in [0.05, 0.1) is 5.69 Å². The molecular weight excluding hydrogens is 358 g/mol. The summed E-state index contributed by atoms with van der Waals surface area (Å²) >= 11 is 6.11. The van der Waals surface area contributed by atoms with Gasteiger partial charge >= 0.3 is 0 Å². The first-order chi connectivity index (χ1) is 12.8. The van der Waals surface area contributed by atoms with Crippen LogP contribution in [0.15, 0.2) is 72.8 Å². The highest BCUT2D eigenvalue weighted by molar-refractivity contribution is 6.31. The lowest BCUT2D eigenvalue weighted by Crippen LogP contribution is -2.14. The number of amides is 1. The smallest absolute Gasteiger partial charge is 0.255 e. The van der Waals surface area contributed by atoms with Crippen LogP contribution in [0.25, 0.3) is 0 Å². The molecule has 0 unspecified atom stereocenters. The van der Waals surface area contributed by atoms with Crippen molar-refractivity contribution in [2.75, 3.05) is 5.32 Å². The number of hydrogen-bond donors (Lipinski definition) is 1. The molecule has 0 heterocycles. The van der Waals surface area contributed by atoms with E-state index in [0.29, 0.717) is 27.8 Å². The number of carbonyl (C=O) groups excluding carboxylic acids is 1. The van der Waals surface area contributed by atoms with Crippen molar-refractivity contribution >= 4 is 23.2 Å². The number of hydrogen-bond acceptors (Lipinski definition) is 2. The highest BCUT2D eigenvalue weighted by Crippen LogP contribution is 2.32.